The lowest BCUT2D eigenvalue weighted by Gasteiger charge is -2.27. The maximum atomic E-state index is 14.1. The van der Waals surface area contributed by atoms with Gasteiger partial charge in [0, 0.05) is 25.5 Å². The van der Waals surface area contributed by atoms with Crippen molar-refractivity contribution in [3.05, 3.63) is 81.3 Å². The molecule has 220 valence electrons. The molecule has 1 amide bonds. The summed E-state index contributed by atoms with van der Waals surface area (Å²) in [6, 6.07) is 17.3. The van der Waals surface area contributed by atoms with Gasteiger partial charge in [-0.2, -0.15) is 0 Å². The summed E-state index contributed by atoms with van der Waals surface area (Å²) in [7, 11) is -0.945. The van der Waals surface area contributed by atoms with Crippen LogP contribution in [0.2, 0.25) is 0 Å². The molecular formula is C30H36FN3O5S2. The van der Waals surface area contributed by atoms with E-state index in [1.54, 1.807) is 19.1 Å². The molecule has 0 radical (unpaired) electrons. The number of amides is 1. The molecule has 1 saturated carbocycles. The Morgan fingerprint density at radius 1 is 1.07 bits per heavy atom. The molecule has 3 aromatic rings. The Bertz CT molecular complexity index is 1450. The van der Waals surface area contributed by atoms with Gasteiger partial charge in [0.15, 0.2) is 5.78 Å². The van der Waals surface area contributed by atoms with E-state index in [0.717, 1.165) is 22.7 Å². The molecule has 8 nitrogen and oxygen atoms in total. The van der Waals surface area contributed by atoms with Crippen LogP contribution in [0.15, 0.2) is 54.6 Å². The van der Waals surface area contributed by atoms with Crippen molar-refractivity contribution in [1.82, 2.24) is 14.2 Å². The number of carbonyl (C=O) groups is 2. The van der Waals surface area contributed by atoms with E-state index in [9.17, 15) is 22.4 Å². The summed E-state index contributed by atoms with van der Waals surface area (Å²) < 4.78 is 43.4. The predicted molar refractivity (Wildman–Crippen MR) is 158 cm³/mol. The summed E-state index contributed by atoms with van der Waals surface area (Å²) >= 11 is 1.31. The zero-order valence-electron chi connectivity index (χ0n) is 23.6. The molecule has 1 aliphatic carbocycles. The van der Waals surface area contributed by atoms with E-state index in [-0.39, 0.29) is 24.8 Å². The van der Waals surface area contributed by atoms with Crippen LogP contribution in [0.1, 0.15) is 50.8 Å². The smallest absolute Gasteiger partial charge is 0.233 e. The number of halogens is 1. The second-order valence-corrected chi connectivity index (χ2v) is 13.9. The molecule has 0 aliphatic heterocycles. The van der Waals surface area contributed by atoms with Crippen molar-refractivity contribution in [3.8, 4) is 5.75 Å². The van der Waals surface area contributed by atoms with Gasteiger partial charge in [-0.1, -0.05) is 42.5 Å². The number of aromatic nitrogens is 1. The van der Waals surface area contributed by atoms with Gasteiger partial charge in [0.05, 0.1) is 12.0 Å². The van der Waals surface area contributed by atoms with Gasteiger partial charge >= 0.3 is 0 Å². The van der Waals surface area contributed by atoms with Gasteiger partial charge in [-0.3, -0.25) is 9.59 Å². The number of ether oxygens (including phenoxy) is 1. The molecule has 4 rings (SSSR count). The van der Waals surface area contributed by atoms with E-state index in [0.29, 0.717) is 35.0 Å². The van der Waals surface area contributed by atoms with E-state index in [1.165, 1.54) is 31.0 Å². The standard InChI is InChI=1S/C30H36FN3O5S2/c1-22-28(26(35)21-41(37,38)33(2)3)32-27(40-22)20-34(18-7-10-23-8-5-4-6-9-23)29(36)30(15-16-30)24-11-13-25(14-12-24)39-19-17-31/h4-6,8-9,11-14H,7,10,15-21H2,1-3H3. The van der Waals surface area contributed by atoms with Crippen LogP contribution in [-0.4, -0.2) is 74.0 Å². The third-order valence-electron chi connectivity index (χ3n) is 7.24. The number of nitrogens with zero attached hydrogens (tertiary/aromatic N) is 3. The Labute approximate surface area is 245 Å². The topological polar surface area (TPSA) is 96.9 Å². The number of ketones is 1. The van der Waals surface area contributed by atoms with Crippen LogP contribution >= 0.6 is 11.3 Å². The van der Waals surface area contributed by atoms with Crippen LogP contribution in [0, 0.1) is 6.92 Å². The minimum Gasteiger partial charge on any atom is -0.491 e. The van der Waals surface area contributed by atoms with E-state index in [1.807, 2.05) is 35.2 Å². The number of thiazole rings is 1. The molecular weight excluding hydrogens is 565 g/mol. The van der Waals surface area contributed by atoms with Crippen molar-refractivity contribution in [3.63, 3.8) is 0 Å². The quantitative estimate of drug-likeness (QED) is 0.237. The lowest BCUT2D eigenvalue weighted by atomic mass is 9.94. The maximum Gasteiger partial charge on any atom is 0.233 e. The fourth-order valence-electron chi connectivity index (χ4n) is 4.76. The fourth-order valence-corrected chi connectivity index (χ4v) is 6.45. The van der Waals surface area contributed by atoms with E-state index in [2.05, 4.69) is 17.1 Å². The summed E-state index contributed by atoms with van der Waals surface area (Å²) in [5, 5.41) is 0.590. The predicted octanol–water partition coefficient (Wildman–Crippen LogP) is 4.57. The number of benzene rings is 2. The van der Waals surface area contributed by atoms with Gasteiger partial charge in [0.2, 0.25) is 15.9 Å². The zero-order valence-corrected chi connectivity index (χ0v) is 25.3. The minimum atomic E-state index is -3.72. The van der Waals surface area contributed by atoms with E-state index < -0.39 is 33.6 Å². The first-order valence-electron chi connectivity index (χ1n) is 13.6. The first-order valence-corrected chi connectivity index (χ1v) is 16.0. The molecule has 1 heterocycles. The number of hydrogen-bond acceptors (Lipinski definition) is 7. The highest BCUT2D eigenvalue weighted by atomic mass is 32.2. The van der Waals surface area contributed by atoms with Crippen molar-refractivity contribution >= 4 is 33.1 Å². The number of rotatable bonds is 15. The number of carbonyl (C=O) groups excluding carboxylic acids is 2. The summed E-state index contributed by atoms with van der Waals surface area (Å²) in [6.07, 6.45) is 2.99. The Hall–Kier alpha value is -3.15. The van der Waals surface area contributed by atoms with E-state index in [4.69, 9.17) is 4.74 Å². The van der Waals surface area contributed by atoms with Crippen LogP contribution in [0.3, 0.4) is 0 Å². The maximum absolute atomic E-state index is 14.1. The van der Waals surface area contributed by atoms with Gasteiger partial charge < -0.3 is 9.64 Å². The van der Waals surface area contributed by atoms with Crippen molar-refractivity contribution in [2.45, 2.75) is 44.6 Å². The van der Waals surface area contributed by atoms with Gasteiger partial charge in [-0.25, -0.2) is 22.1 Å². The van der Waals surface area contributed by atoms with E-state index >= 15 is 0 Å². The molecule has 2 aromatic carbocycles. The Morgan fingerprint density at radius 3 is 2.37 bits per heavy atom. The van der Waals surface area contributed by atoms with Gasteiger partial charge in [0.1, 0.15) is 35.5 Å². The molecule has 0 saturated heterocycles. The van der Waals surface area contributed by atoms with Gasteiger partial charge in [0.25, 0.3) is 0 Å². The molecule has 11 heteroatoms. The highest BCUT2D eigenvalue weighted by molar-refractivity contribution is 7.89. The number of aryl methyl sites for hydroxylation is 2. The zero-order chi connectivity index (χ0) is 29.6. The number of alkyl halides is 1. The average Bonchev–Trinajstić information content (AvgIpc) is 3.68. The lowest BCUT2D eigenvalue weighted by Crippen LogP contribution is -2.39. The fraction of sp³-hybridized carbons (Fsp3) is 0.433. The Kier molecular flexibility index (Phi) is 9.93. The normalized spacial score (nSPS) is 14.2. The second kappa shape index (κ2) is 13.2. The molecule has 1 aliphatic rings. The van der Waals surface area contributed by atoms with Crippen molar-refractivity contribution in [2.75, 3.05) is 39.7 Å². The molecule has 0 N–H and O–H groups in total. The van der Waals surface area contributed by atoms with Crippen LogP contribution in [0.4, 0.5) is 4.39 Å². The minimum absolute atomic E-state index is 0.00102. The number of Topliss-reactive ketones (excluding diaryl/α,β-unsaturated/α-hetero) is 1. The first-order chi connectivity index (χ1) is 19.6. The summed E-state index contributed by atoms with van der Waals surface area (Å²) in [4.78, 5) is 33.9. The lowest BCUT2D eigenvalue weighted by molar-refractivity contribution is -0.134. The molecule has 0 unspecified atom stereocenters. The number of sulfonamides is 1. The first kappa shape index (κ1) is 30.8. The van der Waals surface area contributed by atoms with Gasteiger partial charge in [-0.05, 0) is 55.9 Å². The van der Waals surface area contributed by atoms with Crippen molar-refractivity contribution < 1.29 is 27.1 Å². The van der Waals surface area contributed by atoms with Crippen LogP contribution < -0.4 is 4.74 Å². The SMILES string of the molecule is Cc1sc(CN(CCCc2ccccc2)C(=O)C2(c3ccc(OCCF)cc3)CC2)nc1C(=O)CS(=O)(=O)N(C)C. The van der Waals surface area contributed by atoms with Crippen LogP contribution in [-0.2, 0) is 33.2 Å². The molecule has 0 spiro atoms. The van der Waals surface area contributed by atoms with Crippen molar-refractivity contribution in [1.29, 1.82) is 0 Å². The molecule has 0 bridgehead atoms. The van der Waals surface area contributed by atoms with Crippen LogP contribution in [0.25, 0.3) is 0 Å². The average molecular weight is 602 g/mol. The largest absolute Gasteiger partial charge is 0.491 e. The molecule has 1 fully saturated rings. The second-order valence-electron chi connectivity index (χ2n) is 10.4. The number of hydrogen-bond donors (Lipinski definition) is 0. The monoisotopic (exact) mass is 601 g/mol. The highest BCUT2D eigenvalue weighted by Gasteiger charge is 2.53. The van der Waals surface area contributed by atoms with Crippen molar-refractivity contribution in [2.24, 2.45) is 0 Å². The van der Waals surface area contributed by atoms with Gasteiger partial charge in [-0.15, -0.1) is 11.3 Å². The summed E-state index contributed by atoms with van der Waals surface area (Å²) in [6.45, 7) is 1.89. The summed E-state index contributed by atoms with van der Waals surface area (Å²) in [5.74, 6) is -0.660. The highest BCUT2D eigenvalue weighted by Crippen LogP contribution is 2.50. The van der Waals surface area contributed by atoms with Crippen LogP contribution in [0.5, 0.6) is 5.75 Å². The Morgan fingerprint density at radius 2 is 1.76 bits per heavy atom. The molecule has 0 atom stereocenters. The third-order valence-corrected chi connectivity index (χ3v) is 9.93. The third kappa shape index (κ3) is 7.58. The summed E-state index contributed by atoms with van der Waals surface area (Å²) in [5.41, 5.74) is 1.57. The Balaban J connectivity index is 1.54. The molecule has 1 aromatic heterocycles. The molecule has 41 heavy (non-hydrogen) atoms.